The number of halogens is 2. The topological polar surface area (TPSA) is 84.0 Å². The lowest BCUT2D eigenvalue weighted by Crippen LogP contribution is -2.42. The Labute approximate surface area is 120 Å². The molecule has 2 fully saturated rings. The summed E-state index contributed by atoms with van der Waals surface area (Å²) in [5.41, 5.74) is -0.292. The third-order valence-electron chi connectivity index (χ3n) is 4.21. The summed E-state index contributed by atoms with van der Waals surface area (Å²) in [4.78, 5) is 13.3. The van der Waals surface area contributed by atoms with Crippen molar-refractivity contribution in [1.82, 2.24) is 25.5 Å². The maximum Gasteiger partial charge on any atom is 0.267 e. The average Bonchev–Trinajstić information content (AvgIpc) is 3.00. The minimum absolute atomic E-state index is 0.107. The molecule has 1 aliphatic carbocycles. The van der Waals surface area contributed by atoms with Gasteiger partial charge in [-0.25, -0.2) is 8.78 Å². The van der Waals surface area contributed by atoms with Crippen molar-refractivity contribution in [2.24, 2.45) is 0 Å². The molecule has 21 heavy (non-hydrogen) atoms. The lowest BCUT2D eigenvalue weighted by Gasteiger charge is -2.38. The van der Waals surface area contributed by atoms with Crippen molar-refractivity contribution in [3.63, 3.8) is 0 Å². The Bertz CT molecular complexity index is 518. The number of hydrogen-bond acceptors (Lipinski definition) is 5. The van der Waals surface area contributed by atoms with Gasteiger partial charge < -0.3 is 9.64 Å². The van der Waals surface area contributed by atoms with Crippen molar-refractivity contribution in [3.05, 3.63) is 5.82 Å². The van der Waals surface area contributed by atoms with Crippen LogP contribution in [0.25, 0.3) is 0 Å². The van der Waals surface area contributed by atoms with Gasteiger partial charge in [-0.2, -0.15) is 5.21 Å². The van der Waals surface area contributed by atoms with E-state index in [-0.39, 0.29) is 18.0 Å². The van der Waals surface area contributed by atoms with Gasteiger partial charge in [0.15, 0.2) is 5.82 Å². The second-order valence-electron chi connectivity index (χ2n) is 5.96. The summed E-state index contributed by atoms with van der Waals surface area (Å²) >= 11 is 0. The number of carbonyl (C=O) groups excluding carboxylic acids is 1. The number of aromatic nitrogens is 4. The molecule has 9 heteroatoms. The quantitative estimate of drug-likeness (QED) is 0.899. The summed E-state index contributed by atoms with van der Waals surface area (Å²) in [5, 5.41) is 13.0. The summed E-state index contributed by atoms with van der Waals surface area (Å²) in [6.07, 6.45) is 2.36. The van der Waals surface area contributed by atoms with Crippen molar-refractivity contribution < 1.29 is 18.3 Å². The van der Waals surface area contributed by atoms with E-state index in [9.17, 15) is 13.6 Å². The van der Waals surface area contributed by atoms with Gasteiger partial charge in [-0.1, -0.05) is 5.21 Å². The molecule has 0 radical (unpaired) electrons. The Kier molecular flexibility index (Phi) is 3.39. The molecule has 0 bridgehead atoms. The van der Waals surface area contributed by atoms with Gasteiger partial charge in [0, 0.05) is 6.42 Å². The highest BCUT2D eigenvalue weighted by molar-refractivity contribution is 5.78. The molecular formula is C12H17F2N5O2. The number of H-pyrrole nitrogens is 1. The highest BCUT2D eigenvalue weighted by Gasteiger charge is 2.49. The molecule has 1 saturated heterocycles. The number of nitrogens with one attached hydrogen (secondary N) is 1. The van der Waals surface area contributed by atoms with E-state index in [0.717, 1.165) is 24.2 Å². The fourth-order valence-electron chi connectivity index (χ4n) is 2.76. The zero-order chi connectivity index (χ0) is 15.1. The van der Waals surface area contributed by atoms with Crippen LogP contribution in [-0.4, -0.2) is 56.1 Å². The van der Waals surface area contributed by atoms with Gasteiger partial charge in [0.2, 0.25) is 5.91 Å². The summed E-state index contributed by atoms with van der Waals surface area (Å²) in [6.45, 7) is 1.10. The average molecular weight is 301 g/mol. The van der Waals surface area contributed by atoms with Crippen molar-refractivity contribution in [1.29, 1.82) is 0 Å². The number of likely N-dealkylation sites (tertiary alicyclic amines) is 1. The smallest absolute Gasteiger partial charge is 0.267 e. The molecule has 0 aromatic carbocycles. The van der Waals surface area contributed by atoms with Crippen LogP contribution in [0.1, 0.15) is 44.5 Å². The van der Waals surface area contributed by atoms with E-state index in [1.807, 2.05) is 6.92 Å². The Morgan fingerprint density at radius 3 is 2.86 bits per heavy atom. The molecule has 116 valence electrons. The molecule has 1 N–H and O–H groups in total. The molecule has 2 heterocycles. The summed E-state index contributed by atoms with van der Waals surface area (Å²) in [5.74, 6) is -3.30. The van der Waals surface area contributed by atoms with Gasteiger partial charge in [0.25, 0.3) is 5.92 Å². The maximum atomic E-state index is 13.6. The Morgan fingerprint density at radius 1 is 1.52 bits per heavy atom. The predicted molar refractivity (Wildman–Crippen MR) is 66.4 cm³/mol. The minimum atomic E-state index is -2.94. The van der Waals surface area contributed by atoms with E-state index in [4.69, 9.17) is 4.74 Å². The van der Waals surface area contributed by atoms with Crippen molar-refractivity contribution >= 4 is 5.91 Å². The number of carbonyl (C=O) groups is 1. The van der Waals surface area contributed by atoms with Crippen molar-refractivity contribution in [2.45, 2.75) is 50.2 Å². The zero-order valence-corrected chi connectivity index (χ0v) is 11.7. The first kappa shape index (κ1) is 14.3. The van der Waals surface area contributed by atoms with Crippen LogP contribution in [0.4, 0.5) is 8.78 Å². The molecule has 1 saturated carbocycles. The SMILES string of the molecule is CC1(OCC(=O)N2CC(F)(F)CC2c2nn[nH]n2)CCC1. The van der Waals surface area contributed by atoms with Gasteiger partial charge >= 0.3 is 0 Å². The fraction of sp³-hybridized carbons (Fsp3) is 0.833. The van der Waals surface area contributed by atoms with E-state index in [2.05, 4.69) is 20.6 Å². The van der Waals surface area contributed by atoms with Crippen LogP contribution in [0.5, 0.6) is 0 Å². The molecule has 1 amide bonds. The third kappa shape index (κ3) is 2.87. The predicted octanol–water partition coefficient (Wildman–Crippen LogP) is 1.07. The molecule has 3 rings (SSSR count). The highest BCUT2D eigenvalue weighted by Crippen LogP contribution is 2.40. The van der Waals surface area contributed by atoms with Crippen LogP contribution in [0, 0.1) is 0 Å². The van der Waals surface area contributed by atoms with E-state index in [0.29, 0.717) is 0 Å². The molecule has 1 atom stereocenters. The number of alkyl halides is 2. The van der Waals surface area contributed by atoms with Crippen LogP contribution >= 0.6 is 0 Å². The van der Waals surface area contributed by atoms with E-state index in [1.54, 1.807) is 0 Å². The second kappa shape index (κ2) is 4.97. The number of hydrogen-bond donors (Lipinski definition) is 1. The first-order valence-corrected chi connectivity index (χ1v) is 6.93. The van der Waals surface area contributed by atoms with Gasteiger partial charge in [-0.3, -0.25) is 4.79 Å². The second-order valence-corrected chi connectivity index (χ2v) is 5.96. The number of tetrazole rings is 1. The highest BCUT2D eigenvalue weighted by atomic mass is 19.3. The van der Waals surface area contributed by atoms with Gasteiger partial charge in [0.05, 0.1) is 12.1 Å². The number of ether oxygens (including phenoxy) is 1. The molecule has 2 aliphatic rings. The van der Waals surface area contributed by atoms with Gasteiger partial charge in [-0.05, 0) is 26.2 Å². The molecule has 7 nitrogen and oxygen atoms in total. The number of amides is 1. The Balaban J connectivity index is 1.67. The number of rotatable bonds is 4. The van der Waals surface area contributed by atoms with Crippen LogP contribution in [0.15, 0.2) is 0 Å². The maximum absolute atomic E-state index is 13.6. The normalized spacial score (nSPS) is 26.6. The molecule has 0 spiro atoms. The van der Waals surface area contributed by atoms with Crippen LogP contribution in [-0.2, 0) is 9.53 Å². The van der Waals surface area contributed by atoms with E-state index < -0.39 is 30.8 Å². The van der Waals surface area contributed by atoms with Gasteiger partial charge in [0.1, 0.15) is 12.6 Å². The van der Waals surface area contributed by atoms with Crippen molar-refractivity contribution in [3.8, 4) is 0 Å². The van der Waals surface area contributed by atoms with E-state index in [1.165, 1.54) is 0 Å². The minimum Gasteiger partial charge on any atom is -0.365 e. The van der Waals surface area contributed by atoms with Crippen LogP contribution < -0.4 is 0 Å². The lowest BCUT2D eigenvalue weighted by molar-refractivity contribution is -0.150. The largest absolute Gasteiger partial charge is 0.365 e. The fourth-order valence-corrected chi connectivity index (χ4v) is 2.76. The summed E-state index contributed by atoms with van der Waals surface area (Å²) in [6, 6.07) is -0.857. The zero-order valence-electron chi connectivity index (χ0n) is 11.7. The molecule has 1 aliphatic heterocycles. The molecule has 1 aromatic heterocycles. The molecule has 1 unspecified atom stereocenters. The number of nitrogens with zero attached hydrogens (tertiary/aromatic N) is 4. The monoisotopic (exact) mass is 301 g/mol. The summed E-state index contributed by atoms with van der Waals surface area (Å²) < 4.78 is 32.8. The van der Waals surface area contributed by atoms with Crippen LogP contribution in [0.3, 0.4) is 0 Å². The first-order chi connectivity index (χ1) is 9.89. The standard InChI is InChI=1S/C12H17F2N5O2/c1-11(3-2-4-11)21-6-9(20)19-7-12(13,14)5-8(19)10-15-17-18-16-10/h8H,2-7H2,1H3,(H,15,16,17,18). The van der Waals surface area contributed by atoms with E-state index >= 15 is 0 Å². The van der Waals surface area contributed by atoms with Gasteiger partial charge in [-0.15, -0.1) is 10.2 Å². The third-order valence-corrected chi connectivity index (χ3v) is 4.21. The number of aromatic amines is 1. The summed E-state index contributed by atoms with van der Waals surface area (Å²) in [7, 11) is 0. The molecular weight excluding hydrogens is 284 g/mol. The van der Waals surface area contributed by atoms with Crippen LogP contribution in [0.2, 0.25) is 0 Å². The molecule has 1 aromatic rings. The Hall–Kier alpha value is -1.64. The van der Waals surface area contributed by atoms with Crippen molar-refractivity contribution in [2.75, 3.05) is 13.2 Å². The Morgan fingerprint density at radius 2 is 2.29 bits per heavy atom. The lowest BCUT2D eigenvalue weighted by atomic mass is 9.82. The first-order valence-electron chi connectivity index (χ1n) is 6.93.